The molecule has 1 amide bonds. The molecule has 0 saturated carbocycles. The summed E-state index contributed by atoms with van der Waals surface area (Å²) in [6, 6.07) is 14.7. The van der Waals surface area contributed by atoms with Gasteiger partial charge in [-0.3, -0.25) is 14.4 Å². The van der Waals surface area contributed by atoms with Crippen LogP contribution in [0.15, 0.2) is 54.9 Å². The van der Waals surface area contributed by atoms with E-state index in [1.165, 1.54) is 11.1 Å². The molecule has 0 unspecified atom stereocenters. The van der Waals surface area contributed by atoms with Crippen LogP contribution in [0.25, 0.3) is 5.65 Å². The van der Waals surface area contributed by atoms with Crippen molar-refractivity contribution in [1.82, 2.24) is 19.2 Å². The first-order valence-corrected chi connectivity index (χ1v) is 12.6. The lowest BCUT2D eigenvalue weighted by molar-refractivity contribution is -0.157. The number of carbonyl (C=O) groups excluding carboxylic acids is 1. The van der Waals surface area contributed by atoms with Crippen LogP contribution in [0.3, 0.4) is 0 Å². The Labute approximate surface area is 222 Å². The van der Waals surface area contributed by atoms with Crippen LogP contribution >= 0.6 is 0 Å². The molecule has 3 aromatic rings. The summed E-state index contributed by atoms with van der Waals surface area (Å²) in [4.78, 5) is 39.1. The minimum Gasteiger partial charge on any atom is -0.483 e. The lowest BCUT2D eigenvalue weighted by Crippen LogP contribution is -2.57. The lowest BCUT2D eigenvalue weighted by atomic mass is 9.70. The molecule has 2 aromatic heterocycles. The van der Waals surface area contributed by atoms with E-state index in [1.807, 2.05) is 18.0 Å². The Hall–Kier alpha value is -3.76. The highest BCUT2D eigenvalue weighted by atomic mass is 16.3. The number of aryl methyl sites for hydroxylation is 1. The van der Waals surface area contributed by atoms with Crippen LogP contribution in [-0.4, -0.2) is 92.2 Å². The van der Waals surface area contributed by atoms with Crippen molar-refractivity contribution in [3.05, 3.63) is 71.7 Å². The Morgan fingerprint density at radius 2 is 1.47 bits per heavy atom. The van der Waals surface area contributed by atoms with Crippen molar-refractivity contribution in [3.63, 3.8) is 0 Å². The standard InChI is InChI=1S/C26H32N4O2.2CH2O2/c1-20-8-9-23-27-22(19-30(23)18-20)25(21-6-4-3-5-7-21)10-16-29(17-11-25)24(31)26(32)12-14-28(2)15-13-26;2*2-1-3/h3-9,18-19,32H,10-17H2,1-2H3;2*1H,(H,2,3). The maximum Gasteiger partial charge on any atom is 0.290 e. The van der Waals surface area contributed by atoms with E-state index in [4.69, 9.17) is 24.8 Å². The number of rotatable bonds is 3. The van der Waals surface area contributed by atoms with Gasteiger partial charge in [0.2, 0.25) is 0 Å². The number of carbonyl (C=O) groups is 3. The van der Waals surface area contributed by atoms with E-state index >= 15 is 0 Å². The molecule has 204 valence electrons. The molecule has 5 rings (SSSR count). The van der Waals surface area contributed by atoms with Gasteiger partial charge in [-0.2, -0.15) is 0 Å². The van der Waals surface area contributed by atoms with Gasteiger partial charge in [-0.1, -0.05) is 36.4 Å². The molecule has 2 aliphatic rings. The summed E-state index contributed by atoms with van der Waals surface area (Å²) in [6.07, 6.45) is 6.86. The maximum absolute atomic E-state index is 13.3. The van der Waals surface area contributed by atoms with Crippen LogP contribution in [0.5, 0.6) is 0 Å². The molecule has 2 aliphatic heterocycles. The van der Waals surface area contributed by atoms with Gasteiger partial charge in [0.1, 0.15) is 11.2 Å². The number of benzene rings is 1. The van der Waals surface area contributed by atoms with Gasteiger partial charge in [-0.15, -0.1) is 0 Å². The van der Waals surface area contributed by atoms with Crippen molar-refractivity contribution in [2.45, 2.75) is 43.6 Å². The minimum atomic E-state index is -1.22. The van der Waals surface area contributed by atoms with Crippen LogP contribution in [0.4, 0.5) is 0 Å². The summed E-state index contributed by atoms with van der Waals surface area (Å²) in [5.74, 6) is -0.0992. The molecule has 10 heteroatoms. The Bertz CT molecular complexity index is 1210. The van der Waals surface area contributed by atoms with Crippen LogP contribution in [0.2, 0.25) is 0 Å². The Morgan fingerprint density at radius 3 is 2.05 bits per heavy atom. The molecule has 0 spiro atoms. The number of amides is 1. The first-order valence-electron chi connectivity index (χ1n) is 12.6. The molecule has 3 N–H and O–H groups in total. The number of aliphatic hydroxyl groups is 1. The van der Waals surface area contributed by atoms with Crippen LogP contribution < -0.4 is 0 Å². The molecule has 0 bridgehead atoms. The zero-order valence-electron chi connectivity index (χ0n) is 21.9. The summed E-state index contributed by atoms with van der Waals surface area (Å²) >= 11 is 0. The third kappa shape index (κ3) is 6.20. The van der Waals surface area contributed by atoms with E-state index in [9.17, 15) is 9.90 Å². The Balaban J connectivity index is 0.000000611. The van der Waals surface area contributed by atoms with Gasteiger partial charge in [0.25, 0.3) is 18.9 Å². The molecular weight excluding hydrogens is 488 g/mol. The number of imidazole rings is 1. The molecule has 10 nitrogen and oxygen atoms in total. The summed E-state index contributed by atoms with van der Waals surface area (Å²) in [7, 11) is 2.04. The molecule has 0 radical (unpaired) electrons. The number of fused-ring (bicyclic) bond motifs is 1. The lowest BCUT2D eigenvalue weighted by Gasteiger charge is -2.44. The second-order valence-electron chi connectivity index (χ2n) is 9.88. The number of pyridine rings is 1. The monoisotopic (exact) mass is 524 g/mol. The second-order valence-corrected chi connectivity index (χ2v) is 9.88. The van der Waals surface area contributed by atoms with Gasteiger partial charge in [0.15, 0.2) is 0 Å². The van der Waals surface area contributed by atoms with E-state index in [0.717, 1.165) is 37.3 Å². The third-order valence-corrected chi connectivity index (χ3v) is 7.53. The van der Waals surface area contributed by atoms with E-state index in [2.05, 4.69) is 65.0 Å². The van der Waals surface area contributed by atoms with Gasteiger partial charge in [0.05, 0.1) is 5.69 Å². The van der Waals surface area contributed by atoms with Crippen LogP contribution in [0.1, 0.15) is 42.5 Å². The quantitative estimate of drug-likeness (QED) is 0.445. The number of hydrogen-bond donors (Lipinski definition) is 3. The van der Waals surface area contributed by atoms with Crippen molar-refractivity contribution in [2.24, 2.45) is 0 Å². The third-order valence-electron chi connectivity index (χ3n) is 7.53. The first kappa shape index (κ1) is 28.8. The van der Waals surface area contributed by atoms with E-state index in [-0.39, 0.29) is 24.3 Å². The van der Waals surface area contributed by atoms with Gasteiger partial charge in [0, 0.05) is 44.0 Å². The van der Waals surface area contributed by atoms with E-state index in [0.29, 0.717) is 25.9 Å². The molecule has 0 aliphatic carbocycles. The predicted molar refractivity (Wildman–Crippen MR) is 142 cm³/mol. The number of carboxylic acid groups (broad SMARTS) is 2. The zero-order valence-corrected chi connectivity index (χ0v) is 21.9. The SMILES string of the molecule is Cc1ccc2nc(C3(c4ccccc4)CCN(C(=O)C4(O)CCN(C)CC4)CC3)cn2c1.O=CO.O=CO. The van der Waals surface area contributed by atoms with Crippen molar-refractivity contribution in [1.29, 1.82) is 0 Å². The van der Waals surface area contributed by atoms with Gasteiger partial charge >= 0.3 is 0 Å². The number of nitrogens with zero attached hydrogens (tertiary/aromatic N) is 4. The van der Waals surface area contributed by atoms with Crippen molar-refractivity contribution in [3.8, 4) is 0 Å². The van der Waals surface area contributed by atoms with Crippen LogP contribution in [-0.2, 0) is 19.8 Å². The summed E-state index contributed by atoms with van der Waals surface area (Å²) in [6.45, 7) is 4.34. The highest BCUT2D eigenvalue weighted by Crippen LogP contribution is 2.42. The highest BCUT2D eigenvalue weighted by molar-refractivity contribution is 5.85. The fraction of sp³-hybridized carbons (Fsp3) is 0.429. The number of likely N-dealkylation sites (tertiary alicyclic amines) is 2. The second kappa shape index (κ2) is 12.7. The van der Waals surface area contributed by atoms with Crippen molar-refractivity contribution < 1.29 is 29.7 Å². The summed E-state index contributed by atoms with van der Waals surface area (Å²) < 4.78 is 2.11. The topological polar surface area (TPSA) is 136 Å². The number of piperidine rings is 2. The van der Waals surface area contributed by atoms with Crippen molar-refractivity contribution in [2.75, 3.05) is 33.2 Å². The number of aromatic nitrogens is 2. The highest BCUT2D eigenvalue weighted by Gasteiger charge is 2.46. The average molecular weight is 525 g/mol. The molecule has 2 saturated heterocycles. The largest absolute Gasteiger partial charge is 0.483 e. The summed E-state index contributed by atoms with van der Waals surface area (Å²) in [5, 5.41) is 24.8. The molecule has 0 atom stereocenters. The smallest absolute Gasteiger partial charge is 0.290 e. The molecule has 1 aromatic carbocycles. The van der Waals surface area contributed by atoms with Gasteiger partial charge in [-0.05, 0) is 56.8 Å². The fourth-order valence-corrected chi connectivity index (χ4v) is 5.37. The summed E-state index contributed by atoms with van der Waals surface area (Å²) in [5.41, 5.74) is 2.97. The first-order chi connectivity index (χ1) is 18.2. The van der Waals surface area contributed by atoms with Crippen molar-refractivity contribution >= 4 is 24.5 Å². The average Bonchev–Trinajstić information content (AvgIpc) is 3.35. The number of hydrogen-bond acceptors (Lipinski definition) is 6. The molecule has 4 heterocycles. The Kier molecular flexibility index (Phi) is 9.60. The molecule has 38 heavy (non-hydrogen) atoms. The minimum absolute atomic E-state index is 0.0992. The van der Waals surface area contributed by atoms with E-state index < -0.39 is 5.60 Å². The fourth-order valence-electron chi connectivity index (χ4n) is 5.37. The van der Waals surface area contributed by atoms with E-state index in [1.54, 1.807) is 0 Å². The van der Waals surface area contributed by atoms with Gasteiger partial charge in [-0.25, -0.2) is 4.98 Å². The normalized spacial score (nSPS) is 18.3. The van der Waals surface area contributed by atoms with Crippen LogP contribution in [0, 0.1) is 6.92 Å². The molecular formula is C28H36N4O6. The maximum atomic E-state index is 13.3. The van der Waals surface area contributed by atoms with Gasteiger partial charge < -0.3 is 29.5 Å². The predicted octanol–water partition coefficient (Wildman–Crippen LogP) is 2.41. The zero-order chi connectivity index (χ0) is 27.8. The molecule has 2 fully saturated rings. The Morgan fingerprint density at radius 1 is 0.895 bits per heavy atom.